The average Bonchev–Trinajstić information content (AvgIpc) is 2.58. The lowest BCUT2D eigenvalue weighted by Gasteiger charge is -2.30. The van der Waals surface area contributed by atoms with Crippen molar-refractivity contribution in [2.45, 2.75) is 57.5 Å². The molecule has 24 heavy (non-hydrogen) atoms. The summed E-state index contributed by atoms with van der Waals surface area (Å²) in [6, 6.07) is 7.82. The Kier molecular flexibility index (Phi) is 7.04. The van der Waals surface area contributed by atoms with Crippen molar-refractivity contribution in [1.82, 2.24) is 10.2 Å². The van der Waals surface area contributed by atoms with Crippen molar-refractivity contribution in [1.29, 1.82) is 0 Å². The number of benzene rings is 1. The summed E-state index contributed by atoms with van der Waals surface area (Å²) in [7, 11) is 1.92. The third kappa shape index (κ3) is 5.22. The van der Waals surface area contributed by atoms with E-state index < -0.39 is 0 Å². The molecule has 2 amide bonds. The van der Waals surface area contributed by atoms with Crippen LogP contribution in [-0.4, -0.2) is 29.8 Å². The standard InChI is InChI=1S/C20H28N2O2/c1-3-19(23)21-15-16-11-13-17(14-12-16)20(24)22(2)18-9-7-5-4-6-8-10-18/h3,11-14,18H,1,4-10,15H2,2H3,(H,21,23). The summed E-state index contributed by atoms with van der Waals surface area (Å²) >= 11 is 0. The van der Waals surface area contributed by atoms with Gasteiger partial charge in [-0.1, -0.05) is 50.8 Å². The Labute approximate surface area is 144 Å². The Hall–Kier alpha value is -2.10. The van der Waals surface area contributed by atoms with Crippen LogP contribution in [0.4, 0.5) is 0 Å². The SMILES string of the molecule is C=CC(=O)NCc1ccc(C(=O)N(C)C2CCCCCCC2)cc1. The van der Waals surface area contributed by atoms with Gasteiger partial charge in [-0.05, 0) is 36.6 Å². The molecule has 1 aromatic carbocycles. The third-order valence-electron chi connectivity index (χ3n) is 4.80. The molecule has 0 aromatic heterocycles. The Morgan fingerprint density at radius 1 is 1.12 bits per heavy atom. The highest BCUT2D eigenvalue weighted by atomic mass is 16.2. The van der Waals surface area contributed by atoms with Gasteiger partial charge in [0.2, 0.25) is 5.91 Å². The minimum atomic E-state index is -0.195. The maximum atomic E-state index is 12.7. The van der Waals surface area contributed by atoms with Crippen LogP contribution in [0.3, 0.4) is 0 Å². The summed E-state index contributed by atoms with van der Waals surface area (Å²) in [5.74, 6) is -0.110. The van der Waals surface area contributed by atoms with Gasteiger partial charge in [-0.25, -0.2) is 0 Å². The number of nitrogens with one attached hydrogen (secondary N) is 1. The molecule has 1 aliphatic carbocycles. The molecule has 1 aliphatic rings. The van der Waals surface area contributed by atoms with Crippen molar-refractivity contribution < 1.29 is 9.59 Å². The molecule has 0 saturated heterocycles. The summed E-state index contributed by atoms with van der Waals surface area (Å²) in [5.41, 5.74) is 1.67. The van der Waals surface area contributed by atoms with E-state index in [9.17, 15) is 9.59 Å². The Balaban J connectivity index is 1.95. The largest absolute Gasteiger partial charge is 0.348 e. The van der Waals surface area contributed by atoms with Crippen molar-refractivity contribution in [2.75, 3.05) is 7.05 Å². The van der Waals surface area contributed by atoms with E-state index in [-0.39, 0.29) is 11.8 Å². The first-order valence-electron chi connectivity index (χ1n) is 8.88. The third-order valence-corrected chi connectivity index (χ3v) is 4.80. The predicted molar refractivity (Wildman–Crippen MR) is 96.7 cm³/mol. The second kappa shape index (κ2) is 9.26. The van der Waals surface area contributed by atoms with Gasteiger partial charge in [0.05, 0.1) is 0 Å². The summed E-state index contributed by atoms with van der Waals surface area (Å²) in [6.07, 6.45) is 9.78. The number of rotatable bonds is 5. The van der Waals surface area contributed by atoms with Gasteiger partial charge in [0, 0.05) is 25.2 Å². The quantitative estimate of drug-likeness (QED) is 0.838. The van der Waals surface area contributed by atoms with Gasteiger partial charge in [0.25, 0.3) is 5.91 Å². The second-order valence-electron chi connectivity index (χ2n) is 6.53. The van der Waals surface area contributed by atoms with Gasteiger partial charge in [0.15, 0.2) is 0 Å². The molecule has 1 N–H and O–H groups in total. The maximum Gasteiger partial charge on any atom is 0.253 e. The average molecular weight is 328 g/mol. The fourth-order valence-corrected chi connectivity index (χ4v) is 3.22. The van der Waals surface area contributed by atoms with Crippen molar-refractivity contribution in [3.05, 3.63) is 48.0 Å². The maximum absolute atomic E-state index is 12.7. The normalized spacial score (nSPS) is 15.9. The smallest absolute Gasteiger partial charge is 0.253 e. The molecule has 1 saturated carbocycles. The predicted octanol–water partition coefficient (Wildman–Crippen LogP) is 3.67. The number of hydrogen-bond acceptors (Lipinski definition) is 2. The molecule has 4 nitrogen and oxygen atoms in total. The lowest BCUT2D eigenvalue weighted by Crippen LogP contribution is -2.37. The Morgan fingerprint density at radius 2 is 1.71 bits per heavy atom. The summed E-state index contributed by atoms with van der Waals surface area (Å²) in [6.45, 7) is 3.87. The van der Waals surface area contributed by atoms with Crippen molar-refractivity contribution in [3.63, 3.8) is 0 Å². The van der Waals surface area contributed by atoms with E-state index in [0.717, 1.165) is 18.4 Å². The first-order valence-corrected chi connectivity index (χ1v) is 8.88. The van der Waals surface area contributed by atoms with E-state index in [1.165, 1.54) is 38.2 Å². The molecular weight excluding hydrogens is 300 g/mol. The van der Waals surface area contributed by atoms with Crippen LogP contribution in [0.25, 0.3) is 0 Å². The second-order valence-corrected chi connectivity index (χ2v) is 6.53. The van der Waals surface area contributed by atoms with Crippen LogP contribution in [-0.2, 0) is 11.3 Å². The molecule has 0 bridgehead atoms. The summed E-state index contributed by atoms with van der Waals surface area (Å²) in [5, 5.41) is 2.73. The van der Waals surface area contributed by atoms with E-state index >= 15 is 0 Å². The lowest BCUT2D eigenvalue weighted by atomic mass is 9.95. The molecule has 0 heterocycles. The molecule has 1 aromatic rings. The fraction of sp³-hybridized carbons (Fsp3) is 0.500. The van der Waals surface area contributed by atoms with Crippen LogP contribution in [0.15, 0.2) is 36.9 Å². The molecule has 0 spiro atoms. The highest BCUT2D eigenvalue weighted by Crippen LogP contribution is 2.22. The van der Waals surface area contributed by atoms with Crippen molar-refractivity contribution in [3.8, 4) is 0 Å². The van der Waals surface area contributed by atoms with Crippen LogP contribution in [0, 0.1) is 0 Å². The molecule has 0 radical (unpaired) electrons. The van der Waals surface area contributed by atoms with Crippen LogP contribution in [0.5, 0.6) is 0 Å². The molecule has 2 rings (SSSR count). The van der Waals surface area contributed by atoms with Crippen LogP contribution in [0.2, 0.25) is 0 Å². The monoisotopic (exact) mass is 328 g/mol. The van der Waals surface area contributed by atoms with Gasteiger partial charge >= 0.3 is 0 Å². The first kappa shape index (κ1) is 18.2. The molecule has 130 valence electrons. The number of hydrogen-bond donors (Lipinski definition) is 1. The molecule has 4 heteroatoms. The highest BCUT2D eigenvalue weighted by Gasteiger charge is 2.21. The lowest BCUT2D eigenvalue weighted by molar-refractivity contribution is -0.116. The topological polar surface area (TPSA) is 49.4 Å². The van der Waals surface area contributed by atoms with Gasteiger partial charge in [-0.3, -0.25) is 9.59 Å². The summed E-state index contributed by atoms with van der Waals surface area (Å²) < 4.78 is 0. The van der Waals surface area contributed by atoms with Crippen molar-refractivity contribution in [2.24, 2.45) is 0 Å². The first-order chi connectivity index (χ1) is 11.6. The van der Waals surface area contributed by atoms with Gasteiger partial charge in [-0.2, -0.15) is 0 Å². The number of carbonyl (C=O) groups excluding carboxylic acids is 2. The van der Waals surface area contributed by atoms with E-state index in [1.807, 2.05) is 36.2 Å². The Morgan fingerprint density at radius 3 is 2.29 bits per heavy atom. The van der Waals surface area contributed by atoms with Gasteiger partial charge < -0.3 is 10.2 Å². The molecule has 0 unspecified atom stereocenters. The van der Waals surface area contributed by atoms with E-state index in [1.54, 1.807) is 0 Å². The summed E-state index contributed by atoms with van der Waals surface area (Å²) in [4.78, 5) is 25.8. The van der Waals surface area contributed by atoms with E-state index in [4.69, 9.17) is 0 Å². The number of carbonyl (C=O) groups is 2. The number of amides is 2. The zero-order chi connectivity index (χ0) is 17.4. The van der Waals surface area contributed by atoms with Crippen molar-refractivity contribution >= 4 is 11.8 Å². The minimum absolute atomic E-state index is 0.0854. The zero-order valence-corrected chi connectivity index (χ0v) is 14.6. The molecule has 0 aliphatic heterocycles. The van der Waals surface area contributed by atoms with E-state index in [2.05, 4.69) is 11.9 Å². The highest BCUT2D eigenvalue weighted by molar-refractivity contribution is 5.94. The van der Waals surface area contributed by atoms with Crippen LogP contribution < -0.4 is 5.32 Å². The minimum Gasteiger partial charge on any atom is -0.348 e. The van der Waals surface area contributed by atoms with Gasteiger partial charge in [0.1, 0.15) is 0 Å². The van der Waals surface area contributed by atoms with Crippen LogP contribution >= 0.6 is 0 Å². The van der Waals surface area contributed by atoms with E-state index in [0.29, 0.717) is 18.2 Å². The van der Waals surface area contributed by atoms with Gasteiger partial charge in [-0.15, -0.1) is 0 Å². The zero-order valence-electron chi connectivity index (χ0n) is 14.6. The molecule has 1 fully saturated rings. The Bertz CT molecular complexity index is 558. The molecule has 0 atom stereocenters. The fourth-order valence-electron chi connectivity index (χ4n) is 3.22. The van der Waals surface area contributed by atoms with Crippen LogP contribution in [0.1, 0.15) is 60.9 Å². The number of nitrogens with zero attached hydrogens (tertiary/aromatic N) is 1. The molecular formula is C20H28N2O2.